The van der Waals surface area contributed by atoms with Crippen LogP contribution in [-0.2, 0) is 4.79 Å². The molecule has 0 aliphatic carbocycles. The van der Waals surface area contributed by atoms with Crippen molar-refractivity contribution in [2.45, 2.75) is 12.2 Å². The maximum atomic E-state index is 11.3. The molecule has 1 amide bonds. The average Bonchev–Trinajstić information content (AvgIpc) is 2.55. The molecule has 66 valence electrons. The fraction of sp³-hybridized carbons (Fsp3) is 0.500. The quantitative estimate of drug-likeness (QED) is 0.802. The summed E-state index contributed by atoms with van der Waals surface area (Å²) in [4.78, 5) is 11.3. The van der Waals surface area contributed by atoms with Crippen molar-refractivity contribution in [3.63, 3.8) is 0 Å². The van der Waals surface area contributed by atoms with Crippen LogP contribution in [0.4, 0.5) is 5.00 Å². The summed E-state index contributed by atoms with van der Waals surface area (Å²) in [6.07, 6.45) is 3.44. The van der Waals surface area contributed by atoms with Gasteiger partial charge in [0.1, 0.15) is 5.00 Å². The van der Waals surface area contributed by atoms with Crippen LogP contribution < -0.4 is 5.32 Å². The summed E-state index contributed by atoms with van der Waals surface area (Å²) < 4.78 is 3.63. The summed E-state index contributed by atoms with van der Waals surface area (Å²) in [5.74, 6) is -0.00597. The van der Waals surface area contributed by atoms with Crippen molar-refractivity contribution in [3.05, 3.63) is 6.20 Å². The van der Waals surface area contributed by atoms with E-state index in [4.69, 9.17) is 0 Å². The van der Waals surface area contributed by atoms with Gasteiger partial charge in [0.25, 0.3) is 0 Å². The van der Waals surface area contributed by atoms with Gasteiger partial charge < -0.3 is 5.32 Å². The van der Waals surface area contributed by atoms with Gasteiger partial charge in [-0.3, -0.25) is 4.79 Å². The molecule has 12 heavy (non-hydrogen) atoms. The number of nitrogens with zero attached hydrogens (tertiary/aromatic N) is 2. The molecule has 0 saturated heterocycles. The third kappa shape index (κ3) is 2.46. The number of nitrogens with one attached hydrogen (secondary N) is 1. The van der Waals surface area contributed by atoms with Crippen LogP contribution >= 0.6 is 23.3 Å². The lowest BCUT2D eigenvalue weighted by atomic mass is 10.4. The van der Waals surface area contributed by atoms with Crippen molar-refractivity contribution < 1.29 is 4.79 Å². The van der Waals surface area contributed by atoms with Gasteiger partial charge in [-0.05, 0) is 13.2 Å². The van der Waals surface area contributed by atoms with Gasteiger partial charge in [0.05, 0.1) is 11.4 Å². The number of thioether (sulfide) groups is 1. The first kappa shape index (κ1) is 9.47. The standard InChI is InChI=1S/C6H9N3OS2/c1-4(11-2)6(10)8-5-3-7-9-12-5/h3-4H,1-2H3,(H,8,10)/t4-/m0/s1. The number of amides is 1. The first-order valence-corrected chi connectivity index (χ1v) is 5.41. The molecule has 0 unspecified atom stereocenters. The summed E-state index contributed by atoms with van der Waals surface area (Å²) >= 11 is 2.68. The van der Waals surface area contributed by atoms with Crippen LogP contribution in [0.15, 0.2) is 6.20 Å². The maximum absolute atomic E-state index is 11.3. The lowest BCUT2D eigenvalue weighted by Gasteiger charge is -2.05. The van der Waals surface area contributed by atoms with Crippen molar-refractivity contribution in [3.8, 4) is 0 Å². The van der Waals surface area contributed by atoms with E-state index in [2.05, 4.69) is 14.9 Å². The van der Waals surface area contributed by atoms with Gasteiger partial charge in [0.15, 0.2) is 0 Å². The van der Waals surface area contributed by atoms with Crippen molar-refractivity contribution in [1.82, 2.24) is 9.59 Å². The van der Waals surface area contributed by atoms with E-state index in [0.717, 1.165) is 0 Å². The molecule has 0 saturated carbocycles. The highest BCUT2D eigenvalue weighted by molar-refractivity contribution is 7.99. The number of aromatic nitrogens is 2. The molecule has 4 nitrogen and oxygen atoms in total. The lowest BCUT2D eigenvalue weighted by Crippen LogP contribution is -2.21. The molecule has 1 aromatic heterocycles. The summed E-state index contributed by atoms with van der Waals surface area (Å²) in [5.41, 5.74) is 0. The van der Waals surface area contributed by atoms with E-state index in [1.807, 2.05) is 13.2 Å². The number of hydrogen-bond acceptors (Lipinski definition) is 5. The number of rotatable bonds is 3. The number of carbonyl (C=O) groups excluding carboxylic acids is 1. The van der Waals surface area contributed by atoms with Gasteiger partial charge in [-0.1, -0.05) is 4.49 Å². The fourth-order valence-corrected chi connectivity index (χ4v) is 1.25. The second-order valence-corrected chi connectivity index (χ2v) is 4.11. The molecule has 1 atom stereocenters. The minimum Gasteiger partial charge on any atom is -0.314 e. The van der Waals surface area contributed by atoms with Gasteiger partial charge in [-0.25, -0.2) is 0 Å². The molecular weight excluding hydrogens is 194 g/mol. The Morgan fingerprint density at radius 3 is 3.08 bits per heavy atom. The molecule has 1 N–H and O–H groups in total. The van der Waals surface area contributed by atoms with Crippen LogP contribution in [-0.4, -0.2) is 27.0 Å². The molecule has 0 aromatic carbocycles. The zero-order valence-electron chi connectivity index (χ0n) is 6.77. The van der Waals surface area contributed by atoms with Gasteiger partial charge in [0.2, 0.25) is 5.91 Å². The normalized spacial score (nSPS) is 12.5. The van der Waals surface area contributed by atoms with Crippen LogP contribution in [0.25, 0.3) is 0 Å². The van der Waals surface area contributed by atoms with Crippen LogP contribution in [0.1, 0.15) is 6.92 Å². The zero-order chi connectivity index (χ0) is 8.97. The molecule has 0 fully saturated rings. The second-order valence-electron chi connectivity index (χ2n) is 2.15. The van der Waals surface area contributed by atoms with Crippen molar-refractivity contribution in [1.29, 1.82) is 0 Å². The Labute approximate surface area is 78.9 Å². The molecule has 1 rings (SSSR count). The third-order valence-corrected chi connectivity index (χ3v) is 2.83. The topological polar surface area (TPSA) is 54.9 Å². The van der Waals surface area contributed by atoms with Gasteiger partial charge in [-0.15, -0.1) is 5.10 Å². The van der Waals surface area contributed by atoms with Crippen molar-refractivity contribution >= 4 is 34.2 Å². The number of anilines is 1. The highest BCUT2D eigenvalue weighted by Crippen LogP contribution is 2.12. The van der Waals surface area contributed by atoms with Gasteiger partial charge >= 0.3 is 0 Å². The smallest absolute Gasteiger partial charge is 0.237 e. The number of hydrogen-bond donors (Lipinski definition) is 1. The molecule has 0 radical (unpaired) electrons. The van der Waals surface area contributed by atoms with E-state index >= 15 is 0 Å². The second kappa shape index (κ2) is 4.42. The fourth-order valence-electron chi connectivity index (χ4n) is 0.552. The van der Waals surface area contributed by atoms with Crippen molar-refractivity contribution in [2.75, 3.05) is 11.6 Å². The Balaban J connectivity index is 2.47. The van der Waals surface area contributed by atoms with Crippen LogP contribution in [0.3, 0.4) is 0 Å². The Bertz CT molecular complexity index is 249. The Morgan fingerprint density at radius 2 is 2.58 bits per heavy atom. The van der Waals surface area contributed by atoms with E-state index in [1.54, 1.807) is 0 Å². The SMILES string of the molecule is CS[C@@H](C)C(=O)Nc1cnns1. The average molecular weight is 203 g/mol. The summed E-state index contributed by atoms with van der Waals surface area (Å²) in [6.45, 7) is 1.86. The molecule has 1 aromatic rings. The first-order chi connectivity index (χ1) is 5.74. The number of carbonyl (C=O) groups is 1. The Morgan fingerprint density at radius 1 is 1.83 bits per heavy atom. The Hall–Kier alpha value is -0.620. The van der Waals surface area contributed by atoms with Gasteiger partial charge in [0, 0.05) is 11.5 Å². The largest absolute Gasteiger partial charge is 0.314 e. The maximum Gasteiger partial charge on any atom is 0.237 e. The van der Waals surface area contributed by atoms with Crippen LogP contribution in [0.5, 0.6) is 0 Å². The highest BCUT2D eigenvalue weighted by atomic mass is 32.2. The zero-order valence-corrected chi connectivity index (χ0v) is 8.41. The summed E-state index contributed by atoms with van der Waals surface area (Å²) in [6, 6.07) is 0. The van der Waals surface area contributed by atoms with Crippen LogP contribution in [0.2, 0.25) is 0 Å². The first-order valence-electron chi connectivity index (χ1n) is 3.35. The monoisotopic (exact) mass is 203 g/mol. The minimum atomic E-state index is -0.0351. The Kier molecular flexibility index (Phi) is 3.48. The molecular formula is C6H9N3OS2. The third-order valence-electron chi connectivity index (χ3n) is 1.33. The molecule has 0 aliphatic heterocycles. The van der Waals surface area contributed by atoms with E-state index in [0.29, 0.717) is 5.00 Å². The predicted octanol–water partition coefficient (Wildman–Crippen LogP) is 1.23. The van der Waals surface area contributed by atoms with E-state index < -0.39 is 0 Å². The van der Waals surface area contributed by atoms with E-state index in [-0.39, 0.29) is 11.2 Å². The lowest BCUT2D eigenvalue weighted by molar-refractivity contribution is -0.115. The van der Waals surface area contributed by atoms with Crippen LogP contribution in [0, 0.1) is 0 Å². The minimum absolute atomic E-state index is 0.00597. The predicted molar refractivity (Wildman–Crippen MR) is 51.5 cm³/mol. The summed E-state index contributed by atoms with van der Waals surface area (Å²) in [5, 5.41) is 6.97. The van der Waals surface area contributed by atoms with E-state index in [1.165, 1.54) is 29.5 Å². The van der Waals surface area contributed by atoms with Gasteiger partial charge in [-0.2, -0.15) is 11.8 Å². The van der Waals surface area contributed by atoms with Crippen molar-refractivity contribution in [2.24, 2.45) is 0 Å². The molecule has 6 heteroatoms. The molecule has 1 heterocycles. The van der Waals surface area contributed by atoms with E-state index in [9.17, 15) is 4.79 Å². The molecule has 0 spiro atoms. The molecule has 0 bridgehead atoms. The molecule has 0 aliphatic rings. The summed E-state index contributed by atoms with van der Waals surface area (Å²) in [7, 11) is 0. The highest BCUT2D eigenvalue weighted by Gasteiger charge is 2.11.